The number of aliphatic hydroxyl groups is 1. The van der Waals surface area contributed by atoms with E-state index in [1.54, 1.807) is 25.3 Å². The fraction of sp³-hybridized carbons (Fsp3) is 0.559. The number of Topliss-reactive ketones (excluding diaryl/α,β-unsaturated/α-hetero) is 1. The molecule has 51 heavy (non-hydrogen) atoms. The molecule has 4 heterocycles. The Balaban J connectivity index is 1.29. The Hall–Kier alpha value is -4.90. The zero-order valence-corrected chi connectivity index (χ0v) is 28.5. The van der Waals surface area contributed by atoms with Gasteiger partial charge in [0.2, 0.25) is 18.1 Å². The number of β-lactam (4-membered cyclic amide) rings is 1. The zero-order valence-electron chi connectivity index (χ0n) is 28.5. The molecule has 0 aromatic carbocycles. The molecule has 274 valence electrons. The standard InChI is InChI=1S/C34H39FN4O12/c1-15(40)24-21-9-16(26(39(21)29(24)43)31(46)50-14-51-32(47)34(2,3)4)13-49-33(48)37-8-7-36-12-22(37)27-25(30(44)45)28(42)18-10-19(35)23(41)11-20(18)38(27)17-5-6-17/h10,15,17,21-22,24,36,40H,5-9,11-14H2,1-4H3,(H,44,45)/t15?,21-,22?,24-/m1/s1. The highest BCUT2D eigenvalue weighted by Gasteiger charge is 2.57. The maximum absolute atomic E-state index is 14.4. The molecular weight excluding hydrogens is 675 g/mol. The van der Waals surface area contributed by atoms with Gasteiger partial charge in [-0.2, -0.15) is 0 Å². The maximum atomic E-state index is 14.4. The lowest BCUT2D eigenvalue weighted by Gasteiger charge is -2.44. The molecule has 4 atom stereocenters. The van der Waals surface area contributed by atoms with Crippen LogP contribution in [-0.2, 0) is 39.8 Å². The Morgan fingerprint density at radius 2 is 1.80 bits per heavy atom. The molecule has 2 aliphatic carbocycles. The molecule has 0 radical (unpaired) electrons. The minimum absolute atomic E-state index is 0.00918. The normalized spacial score (nSPS) is 23.6. The first-order chi connectivity index (χ1) is 24.0. The van der Waals surface area contributed by atoms with Gasteiger partial charge in [-0.3, -0.25) is 24.1 Å². The number of hydrogen-bond acceptors (Lipinski definition) is 12. The molecule has 0 spiro atoms. The number of fused-ring (bicyclic) bond motifs is 2. The van der Waals surface area contributed by atoms with E-state index in [4.69, 9.17) is 14.2 Å². The summed E-state index contributed by atoms with van der Waals surface area (Å²) < 4.78 is 31.8. The summed E-state index contributed by atoms with van der Waals surface area (Å²) in [5.41, 5.74) is -2.51. The third-order valence-electron chi connectivity index (χ3n) is 9.75. The quantitative estimate of drug-likeness (QED) is 0.188. The summed E-state index contributed by atoms with van der Waals surface area (Å²) in [4.78, 5) is 93.3. The Labute approximate surface area is 290 Å². The average molecular weight is 715 g/mol. The van der Waals surface area contributed by atoms with Crippen LogP contribution in [0.4, 0.5) is 9.18 Å². The summed E-state index contributed by atoms with van der Waals surface area (Å²) in [6.45, 7) is 5.40. The number of amides is 2. The Morgan fingerprint density at radius 1 is 1.10 bits per heavy atom. The lowest BCUT2D eigenvalue weighted by atomic mass is 9.83. The lowest BCUT2D eigenvalue weighted by molar-refractivity contribution is -0.175. The first kappa shape index (κ1) is 35.9. The van der Waals surface area contributed by atoms with Gasteiger partial charge in [-0.25, -0.2) is 18.8 Å². The number of ketones is 1. The number of ether oxygens (including phenoxy) is 3. The minimum atomic E-state index is -1.58. The number of carbonyl (C=O) groups is 6. The first-order valence-corrected chi connectivity index (χ1v) is 16.7. The van der Waals surface area contributed by atoms with Crippen molar-refractivity contribution in [3.8, 4) is 0 Å². The van der Waals surface area contributed by atoms with E-state index in [0.717, 1.165) is 6.08 Å². The van der Waals surface area contributed by atoms with Crippen molar-refractivity contribution >= 4 is 41.8 Å². The number of aromatic carboxylic acids is 1. The molecule has 2 saturated heterocycles. The summed E-state index contributed by atoms with van der Waals surface area (Å²) in [7, 11) is 0. The van der Waals surface area contributed by atoms with Gasteiger partial charge in [-0.15, -0.1) is 0 Å². The van der Waals surface area contributed by atoms with Crippen LogP contribution in [-0.4, -0.2) is 105 Å². The third kappa shape index (κ3) is 6.44. The van der Waals surface area contributed by atoms with Crippen molar-refractivity contribution in [2.45, 2.75) is 77.6 Å². The van der Waals surface area contributed by atoms with Crippen LogP contribution in [0.1, 0.15) is 86.4 Å². The van der Waals surface area contributed by atoms with Gasteiger partial charge >= 0.3 is 24.0 Å². The van der Waals surface area contributed by atoms with E-state index in [0.29, 0.717) is 12.8 Å². The molecule has 0 bridgehead atoms. The topological polar surface area (TPSA) is 211 Å². The molecule has 16 nitrogen and oxygen atoms in total. The number of nitrogens with zero attached hydrogens (tertiary/aromatic N) is 3. The molecule has 5 aliphatic rings. The largest absolute Gasteiger partial charge is 0.477 e. The van der Waals surface area contributed by atoms with Gasteiger partial charge in [-0.05, 0) is 53.0 Å². The van der Waals surface area contributed by atoms with E-state index in [1.807, 2.05) is 0 Å². The van der Waals surface area contributed by atoms with E-state index in [9.17, 15) is 48.2 Å². The number of allylic oxidation sites excluding steroid dienone is 1. The van der Waals surface area contributed by atoms with Gasteiger partial charge in [-0.1, -0.05) is 0 Å². The van der Waals surface area contributed by atoms with Crippen LogP contribution in [0.5, 0.6) is 0 Å². The van der Waals surface area contributed by atoms with Crippen LogP contribution in [0.2, 0.25) is 0 Å². The van der Waals surface area contributed by atoms with Crippen molar-refractivity contribution in [2.75, 3.05) is 33.0 Å². The minimum Gasteiger partial charge on any atom is -0.477 e. The lowest BCUT2D eigenvalue weighted by Crippen LogP contribution is -2.61. The second-order valence-electron chi connectivity index (χ2n) is 14.3. The number of hydrogen-bond donors (Lipinski definition) is 3. The van der Waals surface area contributed by atoms with Gasteiger partial charge in [0.05, 0.1) is 41.6 Å². The van der Waals surface area contributed by atoms with E-state index in [1.165, 1.54) is 16.7 Å². The summed E-state index contributed by atoms with van der Waals surface area (Å²) >= 11 is 0. The summed E-state index contributed by atoms with van der Waals surface area (Å²) in [5, 5.41) is 23.6. The highest BCUT2D eigenvalue weighted by molar-refractivity contribution is 6.02. The molecule has 17 heteroatoms. The van der Waals surface area contributed by atoms with Crippen LogP contribution in [0, 0.1) is 11.3 Å². The highest BCUT2D eigenvalue weighted by Crippen LogP contribution is 2.45. The number of aliphatic hydroxyl groups excluding tert-OH is 1. The zero-order chi connectivity index (χ0) is 37.1. The van der Waals surface area contributed by atoms with E-state index in [-0.39, 0.29) is 60.3 Å². The van der Waals surface area contributed by atoms with Gasteiger partial charge in [0.25, 0.3) is 0 Å². The number of nitrogens with one attached hydrogen (secondary N) is 1. The smallest absolute Gasteiger partial charge is 0.410 e. The Bertz CT molecular complexity index is 1850. The Morgan fingerprint density at radius 3 is 2.43 bits per heavy atom. The predicted octanol–water partition coefficient (Wildman–Crippen LogP) is 1.36. The summed E-state index contributed by atoms with van der Waals surface area (Å²) in [5.74, 6) is -6.55. The molecule has 1 aromatic heterocycles. The molecular formula is C34H39FN4O12. The SMILES string of the molecule is CC(O)[C@H]1C(=O)N2C(C(=O)OCOC(=O)C(C)(C)C)=C(COC(=O)N3CCNCC3c3c(C(=O)O)c(=O)c4c(n3C3CC3)CC(=O)C(F)=C4)C[C@H]12. The van der Waals surface area contributed by atoms with Crippen LogP contribution in [0.15, 0.2) is 21.9 Å². The van der Waals surface area contributed by atoms with Crippen molar-refractivity contribution in [1.29, 1.82) is 0 Å². The third-order valence-corrected chi connectivity index (χ3v) is 9.75. The van der Waals surface area contributed by atoms with Crippen molar-refractivity contribution in [3.63, 3.8) is 0 Å². The van der Waals surface area contributed by atoms with Crippen LogP contribution in [0.3, 0.4) is 0 Å². The highest BCUT2D eigenvalue weighted by atomic mass is 19.1. The Kier molecular flexibility index (Phi) is 9.39. The monoisotopic (exact) mass is 714 g/mol. The van der Waals surface area contributed by atoms with Crippen LogP contribution < -0.4 is 10.7 Å². The van der Waals surface area contributed by atoms with E-state index >= 15 is 0 Å². The predicted molar refractivity (Wildman–Crippen MR) is 171 cm³/mol. The number of carboxylic acid groups (broad SMARTS) is 1. The summed E-state index contributed by atoms with van der Waals surface area (Å²) in [6, 6.07) is -1.94. The fourth-order valence-corrected chi connectivity index (χ4v) is 7.13. The number of pyridine rings is 1. The van der Waals surface area contributed by atoms with Gasteiger partial charge < -0.3 is 39.2 Å². The molecule has 3 fully saturated rings. The number of esters is 2. The number of carboxylic acids is 1. The van der Waals surface area contributed by atoms with Gasteiger partial charge in [0, 0.05) is 42.5 Å². The molecule has 6 rings (SSSR count). The molecule has 2 amide bonds. The molecule has 3 N–H and O–H groups in total. The van der Waals surface area contributed by atoms with E-state index < -0.39 is 102 Å². The van der Waals surface area contributed by atoms with Gasteiger partial charge in [0.15, 0.2) is 11.6 Å². The average Bonchev–Trinajstić information content (AvgIpc) is 3.84. The molecule has 2 unspecified atom stereocenters. The number of rotatable bonds is 9. The van der Waals surface area contributed by atoms with Crippen molar-refractivity contribution in [2.24, 2.45) is 11.3 Å². The van der Waals surface area contributed by atoms with Crippen LogP contribution >= 0.6 is 0 Å². The van der Waals surface area contributed by atoms with E-state index in [2.05, 4.69) is 5.32 Å². The van der Waals surface area contributed by atoms with Gasteiger partial charge in [0.1, 0.15) is 17.9 Å². The molecule has 3 aliphatic heterocycles. The first-order valence-electron chi connectivity index (χ1n) is 16.7. The van der Waals surface area contributed by atoms with Crippen molar-refractivity contribution < 1.29 is 57.6 Å². The fourth-order valence-electron chi connectivity index (χ4n) is 7.13. The van der Waals surface area contributed by atoms with Crippen molar-refractivity contribution in [3.05, 3.63) is 49.8 Å². The number of aromatic nitrogens is 1. The summed E-state index contributed by atoms with van der Waals surface area (Å²) in [6.07, 6.45) is -0.339. The number of carbonyl (C=O) groups excluding carboxylic acids is 5. The second-order valence-corrected chi connectivity index (χ2v) is 14.3. The number of halogens is 1. The second kappa shape index (κ2) is 13.3. The van der Waals surface area contributed by atoms with Crippen LogP contribution in [0.25, 0.3) is 6.08 Å². The molecule has 1 saturated carbocycles. The number of piperazine rings is 1. The van der Waals surface area contributed by atoms with Crippen molar-refractivity contribution in [1.82, 2.24) is 19.7 Å². The molecule has 1 aromatic rings. The maximum Gasteiger partial charge on any atom is 0.410 e.